The zero-order valence-electron chi connectivity index (χ0n) is 13.0. The lowest BCUT2D eigenvalue weighted by Gasteiger charge is -2.35. The molecule has 0 atom stereocenters. The maximum atomic E-state index is 2.32. The van der Waals surface area contributed by atoms with E-state index in [0.29, 0.717) is 0 Å². The Labute approximate surface area is 127 Å². The fourth-order valence-electron chi connectivity index (χ4n) is 2.82. The van der Waals surface area contributed by atoms with Crippen LogP contribution in [0.5, 0.6) is 0 Å². The first-order chi connectivity index (χ1) is 10.1. The van der Waals surface area contributed by atoms with Gasteiger partial charge in [0.25, 0.3) is 0 Å². The van der Waals surface area contributed by atoms with Crippen molar-refractivity contribution >= 4 is 11.4 Å². The molecule has 0 aliphatic carbocycles. The average molecular weight is 276 g/mol. The topological polar surface area (TPSA) is 0 Å². The Bertz CT molecular complexity index is 642. The van der Waals surface area contributed by atoms with Crippen molar-refractivity contribution < 1.29 is 0 Å². The maximum Gasteiger partial charge on any atom is 0.142 e. The van der Waals surface area contributed by atoms with Crippen LogP contribution in [-0.4, -0.2) is 6.54 Å². The lowest BCUT2D eigenvalue weighted by Crippen LogP contribution is -2.40. The van der Waals surface area contributed by atoms with Crippen LogP contribution in [0.3, 0.4) is 0 Å². The summed E-state index contributed by atoms with van der Waals surface area (Å²) in [5.74, 6) is 0. The molecule has 0 aromatic heterocycles. The third kappa shape index (κ3) is 2.57. The molecule has 2 aromatic rings. The van der Waals surface area contributed by atoms with Crippen LogP contribution in [0.1, 0.15) is 18.1 Å². The molecule has 1 heteroatoms. The van der Waals surface area contributed by atoms with Crippen molar-refractivity contribution in [3.05, 3.63) is 83.6 Å². The van der Waals surface area contributed by atoms with Gasteiger partial charge in [0.15, 0.2) is 0 Å². The van der Waals surface area contributed by atoms with Crippen LogP contribution in [0.25, 0.3) is 0 Å². The molecule has 106 valence electrons. The number of aryl methyl sites for hydroxylation is 2. The molecule has 1 nitrogen and oxygen atoms in total. The molecule has 0 unspecified atom stereocenters. The molecule has 1 aliphatic rings. The minimum absolute atomic E-state index is 0.762. The molecule has 0 saturated carbocycles. The molecule has 3 rings (SSSR count). The molecular formula is C20H22N+. The van der Waals surface area contributed by atoms with E-state index in [4.69, 9.17) is 0 Å². The molecule has 0 radical (unpaired) electrons. The lowest BCUT2D eigenvalue weighted by atomic mass is 10.1. The number of nitrogens with zero attached hydrogens (tertiary/aromatic N) is 1. The minimum atomic E-state index is 0.762. The van der Waals surface area contributed by atoms with Gasteiger partial charge in [0.1, 0.15) is 24.1 Å². The van der Waals surface area contributed by atoms with Crippen molar-refractivity contribution in [3.8, 4) is 0 Å². The van der Waals surface area contributed by atoms with Crippen LogP contribution in [-0.2, 0) is 0 Å². The maximum absolute atomic E-state index is 2.32. The number of benzene rings is 2. The van der Waals surface area contributed by atoms with Gasteiger partial charge in [-0.1, -0.05) is 35.4 Å². The highest BCUT2D eigenvalue weighted by Gasteiger charge is 2.31. The van der Waals surface area contributed by atoms with Crippen molar-refractivity contribution in [2.75, 3.05) is 6.54 Å². The lowest BCUT2D eigenvalue weighted by molar-refractivity contribution is 0.549. The Morgan fingerprint density at radius 1 is 0.714 bits per heavy atom. The Hall–Kier alpha value is -2.12. The summed E-state index contributed by atoms with van der Waals surface area (Å²) in [5.41, 5.74) is 6.55. The van der Waals surface area contributed by atoms with E-state index in [-0.39, 0.29) is 0 Å². The van der Waals surface area contributed by atoms with Gasteiger partial charge in [-0.2, -0.15) is 0 Å². The van der Waals surface area contributed by atoms with E-state index in [1.54, 1.807) is 0 Å². The number of allylic oxidation sites excluding steroid dienone is 2. The highest BCUT2D eigenvalue weighted by atomic mass is 15.3. The second-order valence-corrected chi connectivity index (χ2v) is 5.99. The van der Waals surface area contributed by atoms with Crippen molar-refractivity contribution in [1.82, 2.24) is 4.48 Å². The van der Waals surface area contributed by atoms with Crippen molar-refractivity contribution in [2.45, 2.75) is 20.8 Å². The van der Waals surface area contributed by atoms with Crippen LogP contribution in [0.4, 0.5) is 11.4 Å². The van der Waals surface area contributed by atoms with Gasteiger partial charge in [0.2, 0.25) is 0 Å². The van der Waals surface area contributed by atoms with Crippen LogP contribution >= 0.6 is 0 Å². The van der Waals surface area contributed by atoms with E-state index in [0.717, 1.165) is 11.0 Å². The third-order valence-corrected chi connectivity index (χ3v) is 4.28. The number of quaternary nitrogens is 1. The summed E-state index contributed by atoms with van der Waals surface area (Å²) in [5, 5.41) is 0. The fourth-order valence-corrected chi connectivity index (χ4v) is 2.82. The Morgan fingerprint density at radius 3 is 1.57 bits per heavy atom. The number of hydrogen-bond acceptors (Lipinski definition) is 0. The van der Waals surface area contributed by atoms with Crippen molar-refractivity contribution in [2.24, 2.45) is 0 Å². The number of rotatable bonds is 2. The molecule has 0 bridgehead atoms. The SMILES string of the molecule is CC1=CC[N+](c2ccc(C)cc2)(c2ccc(C)cc2)C=C1. The van der Waals surface area contributed by atoms with Crippen molar-refractivity contribution in [1.29, 1.82) is 0 Å². The summed E-state index contributed by atoms with van der Waals surface area (Å²) >= 11 is 0. The molecule has 0 N–H and O–H groups in total. The van der Waals surface area contributed by atoms with Gasteiger partial charge >= 0.3 is 0 Å². The molecule has 0 fully saturated rings. The standard InChI is InChI=1S/C20H22N/c1-16-4-8-19(9-5-16)21(14-12-18(3)13-15-21)20-10-6-17(2)7-11-20/h4-14H,15H2,1-3H3/q+1. The summed E-state index contributed by atoms with van der Waals surface area (Å²) in [6, 6.07) is 17.8. The predicted molar refractivity (Wildman–Crippen MR) is 91.6 cm³/mol. The molecule has 1 aliphatic heterocycles. The third-order valence-electron chi connectivity index (χ3n) is 4.28. The van der Waals surface area contributed by atoms with Gasteiger partial charge in [0.05, 0.1) is 0 Å². The first-order valence-electron chi connectivity index (χ1n) is 7.48. The molecule has 2 aromatic carbocycles. The molecule has 1 heterocycles. The van der Waals surface area contributed by atoms with E-state index < -0.39 is 0 Å². The normalized spacial score (nSPS) is 16.6. The van der Waals surface area contributed by atoms with E-state index >= 15 is 0 Å². The fraction of sp³-hybridized carbons (Fsp3) is 0.200. The van der Waals surface area contributed by atoms with E-state index in [9.17, 15) is 0 Å². The first kappa shape index (κ1) is 13.8. The summed E-state index contributed by atoms with van der Waals surface area (Å²) in [7, 11) is 0. The first-order valence-corrected chi connectivity index (χ1v) is 7.48. The zero-order valence-corrected chi connectivity index (χ0v) is 13.0. The summed E-state index contributed by atoms with van der Waals surface area (Å²) < 4.78 is 0.762. The highest BCUT2D eigenvalue weighted by molar-refractivity contribution is 5.63. The molecule has 0 amide bonds. The highest BCUT2D eigenvalue weighted by Crippen LogP contribution is 2.37. The minimum Gasteiger partial charge on any atom is -0.229 e. The van der Waals surface area contributed by atoms with E-state index in [1.165, 1.54) is 28.1 Å². The van der Waals surface area contributed by atoms with Gasteiger partial charge in [-0.15, -0.1) is 0 Å². The zero-order chi connectivity index (χ0) is 14.9. The van der Waals surface area contributed by atoms with Gasteiger partial charge in [-0.05, 0) is 38.5 Å². The average Bonchev–Trinajstić information content (AvgIpc) is 2.50. The summed E-state index contributed by atoms with van der Waals surface area (Å²) in [6.07, 6.45) is 6.85. The monoisotopic (exact) mass is 276 g/mol. The Morgan fingerprint density at radius 2 is 1.19 bits per heavy atom. The summed E-state index contributed by atoms with van der Waals surface area (Å²) in [6.45, 7) is 7.40. The second-order valence-electron chi connectivity index (χ2n) is 5.99. The van der Waals surface area contributed by atoms with Gasteiger partial charge < -0.3 is 0 Å². The predicted octanol–water partition coefficient (Wildman–Crippen LogP) is 5.42. The number of hydrogen-bond donors (Lipinski definition) is 0. The molecule has 0 spiro atoms. The smallest absolute Gasteiger partial charge is 0.142 e. The van der Waals surface area contributed by atoms with Gasteiger partial charge in [-0.3, -0.25) is 0 Å². The quantitative estimate of drug-likeness (QED) is 0.643. The molecular weight excluding hydrogens is 254 g/mol. The molecule has 21 heavy (non-hydrogen) atoms. The van der Waals surface area contributed by atoms with Gasteiger partial charge in [-0.25, -0.2) is 4.48 Å². The van der Waals surface area contributed by atoms with Crippen LogP contribution in [0.15, 0.2) is 72.5 Å². The van der Waals surface area contributed by atoms with E-state index in [1.807, 2.05) is 0 Å². The van der Waals surface area contributed by atoms with E-state index in [2.05, 4.69) is 87.7 Å². The molecule has 0 saturated heterocycles. The largest absolute Gasteiger partial charge is 0.229 e. The van der Waals surface area contributed by atoms with Crippen LogP contribution < -0.4 is 4.48 Å². The van der Waals surface area contributed by atoms with Crippen LogP contribution in [0, 0.1) is 13.8 Å². The Balaban J connectivity index is 2.14. The summed E-state index contributed by atoms with van der Waals surface area (Å²) in [4.78, 5) is 0. The second kappa shape index (κ2) is 5.34. The van der Waals surface area contributed by atoms with Crippen molar-refractivity contribution in [3.63, 3.8) is 0 Å². The van der Waals surface area contributed by atoms with Gasteiger partial charge in [0, 0.05) is 24.3 Å². The Kier molecular flexibility index (Phi) is 3.52. The van der Waals surface area contributed by atoms with Crippen LogP contribution in [0.2, 0.25) is 0 Å².